The molecule has 98 valence electrons. The van der Waals surface area contributed by atoms with E-state index in [1.165, 1.54) is 0 Å². The van der Waals surface area contributed by atoms with Crippen LogP contribution in [0.3, 0.4) is 0 Å². The number of likely N-dealkylation sites (tertiary alicyclic amines) is 1. The van der Waals surface area contributed by atoms with Crippen LogP contribution in [0.1, 0.15) is 10.4 Å². The number of hydrogen-bond acceptors (Lipinski definition) is 2. The van der Waals surface area contributed by atoms with Crippen LogP contribution in [-0.2, 0) is 0 Å². The van der Waals surface area contributed by atoms with E-state index < -0.39 is 11.6 Å². The van der Waals surface area contributed by atoms with E-state index in [1.807, 2.05) is 19.0 Å². The number of likely N-dealkylation sites (N-methyl/N-ethyl adjacent to an activating group) is 1. The van der Waals surface area contributed by atoms with Gasteiger partial charge in [0, 0.05) is 23.6 Å². The van der Waals surface area contributed by atoms with E-state index in [2.05, 4.69) is 15.9 Å². The maximum absolute atomic E-state index is 13.1. The molecule has 18 heavy (non-hydrogen) atoms. The molecule has 1 aromatic rings. The lowest BCUT2D eigenvalue weighted by atomic mass is 10.1. The molecule has 1 saturated heterocycles. The van der Waals surface area contributed by atoms with Gasteiger partial charge in [-0.3, -0.25) is 4.79 Å². The third-order valence-electron chi connectivity index (χ3n) is 3.12. The van der Waals surface area contributed by atoms with Gasteiger partial charge in [0.1, 0.15) is 0 Å². The van der Waals surface area contributed by atoms with Crippen LogP contribution in [0, 0.1) is 11.6 Å². The minimum atomic E-state index is -1.01. The van der Waals surface area contributed by atoms with Gasteiger partial charge in [-0.1, -0.05) is 0 Å². The van der Waals surface area contributed by atoms with Crippen molar-refractivity contribution < 1.29 is 13.6 Å². The molecule has 0 unspecified atom stereocenters. The maximum Gasteiger partial charge on any atom is 0.255 e. The van der Waals surface area contributed by atoms with Crippen molar-refractivity contribution in [2.45, 2.75) is 6.04 Å². The van der Waals surface area contributed by atoms with Gasteiger partial charge in [0.25, 0.3) is 5.91 Å². The minimum Gasteiger partial charge on any atom is -0.335 e. The van der Waals surface area contributed by atoms with Crippen molar-refractivity contribution in [3.05, 3.63) is 33.8 Å². The molecule has 1 aliphatic heterocycles. The molecule has 1 heterocycles. The molecule has 0 radical (unpaired) electrons. The second-order valence-corrected chi connectivity index (χ2v) is 5.43. The first-order valence-corrected chi connectivity index (χ1v) is 6.29. The molecule has 0 bridgehead atoms. The molecule has 6 heteroatoms. The summed E-state index contributed by atoms with van der Waals surface area (Å²) in [6.45, 7) is 1.22. The molecular weight excluding hydrogens is 306 g/mol. The Kier molecular flexibility index (Phi) is 3.68. The van der Waals surface area contributed by atoms with Crippen molar-refractivity contribution in [2.24, 2.45) is 0 Å². The van der Waals surface area contributed by atoms with Gasteiger partial charge < -0.3 is 9.80 Å². The molecule has 0 aliphatic carbocycles. The zero-order chi connectivity index (χ0) is 13.4. The molecule has 2 rings (SSSR count). The molecule has 0 aromatic heterocycles. The van der Waals surface area contributed by atoms with Gasteiger partial charge in [-0.05, 0) is 42.2 Å². The molecule has 1 aromatic carbocycles. The lowest BCUT2D eigenvalue weighted by molar-refractivity contribution is 0.0398. The maximum atomic E-state index is 13.1. The van der Waals surface area contributed by atoms with Crippen molar-refractivity contribution in [3.8, 4) is 0 Å². The van der Waals surface area contributed by atoms with E-state index in [4.69, 9.17) is 0 Å². The topological polar surface area (TPSA) is 23.6 Å². The predicted octanol–water partition coefficient (Wildman–Crippen LogP) is 2.11. The summed E-state index contributed by atoms with van der Waals surface area (Å²) in [7, 11) is 3.89. The van der Waals surface area contributed by atoms with E-state index in [1.54, 1.807) is 4.90 Å². The van der Waals surface area contributed by atoms with E-state index in [0.29, 0.717) is 19.1 Å². The lowest BCUT2D eigenvalue weighted by Crippen LogP contribution is -2.59. The van der Waals surface area contributed by atoms with Crippen LogP contribution < -0.4 is 0 Å². The van der Waals surface area contributed by atoms with Gasteiger partial charge in [0.15, 0.2) is 11.6 Å². The predicted molar refractivity (Wildman–Crippen MR) is 67.4 cm³/mol. The lowest BCUT2D eigenvalue weighted by Gasteiger charge is -2.42. The van der Waals surface area contributed by atoms with Crippen LogP contribution in [-0.4, -0.2) is 48.9 Å². The van der Waals surface area contributed by atoms with Crippen LogP contribution in [0.4, 0.5) is 8.78 Å². The highest BCUT2D eigenvalue weighted by Crippen LogP contribution is 2.24. The quantitative estimate of drug-likeness (QED) is 0.780. The fraction of sp³-hybridized carbons (Fsp3) is 0.417. The highest BCUT2D eigenvalue weighted by Gasteiger charge is 2.33. The number of nitrogens with zero attached hydrogens (tertiary/aromatic N) is 2. The Hall–Kier alpha value is -1.01. The zero-order valence-corrected chi connectivity index (χ0v) is 11.7. The largest absolute Gasteiger partial charge is 0.335 e. The second kappa shape index (κ2) is 4.93. The third kappa shape index (κ3) is 2.40. The summed E-state index contributed by atoms with van der Waals surface area (Å²) in [4.78, 5) is 15.7. The smallest absolute Gasteiger partial charge is 0.255 e. The number of benzene rings is 1. The van der Waals surface area contributed by atoms with Crippen molar-refractivity contribution >= 4 is 21.8 Å². The van der Waals surface area contributed by atoms with Crippen LogP contribution in [0.5, 0.6) is 0 Å². The third-order valence-corrected chi connectivity index (χ3v) is 3.78. The normalized spacial score (nSPS) is 16.0. The summed E-state index contributed by atoms with van der Waals surface area (Å²) in [6, 6.07) is 2.24. The SMILES string of the molecule is CN(C)C1CN(C(=O)c2cc(F)c(F)cc2Br)C1. The first kappa shape index (κ1) is 13.4. The summed E-state index contributed by atoms with van der Waals surface area (Å²) in [5.41, 5.74) is 0.158. The van der Waals surface area contributed by atoms with Gasteiger partial charge in [-0.15, -0.1) is 0 Å². The summed E-state index contributed by atoms with van der Waals surface area (Å²) in [5.74, 6) is -2.25. The average Bonchev–Trinajstić information content (AvgIpc) is 2.20. The van der Waals surface area contributed by atoms with Crippen molar-refractivity contribution in [3.63, 3.8) is 0 Å². The Bertz CT molecular complexity index is 487. The van der Waals surface area contributed by atoms with Gasteiger partial charge in [-0.25, -0.2) is 8.78 Å². The van der Waals surface area contributed by atoms with Crippen molar-refractivity contribution in [1.82, 2.24) is 9.80 Å². The van der Waals surface area contributed by atoms with Crippen LogP contribution in [0.25, 0.3) is 0 Å². The van der Waals surface area contributed by atoms with Gasteiger partial charge >= 0.3 is 0 Å². The minimum absolute atomic E-state index is 0.158. The van der Waals surface area contributed by atoms with Crippen molar-refractivity contribution in [1.29, 1.82) is 0 Å². The molecule has 3 nitrogen and oxygen atoms in total. The molecule has 1 fully saturated rings. The fourth-order valence-electron chi connectivity index (χ4n) is 1.80. The number of carbonyl (C=O) groups is 1. The Balaban J connectivity index is 2.14. The standard InChI is InChI=1S/C12H13BrF2N2O/c1-16(2)7-5-17(6-7)12(18)8-3-10(14)11(15)4-9(8)13/h3-4,7H,5-6H2,1-2H3. The highest BCUT2D eigenvalue weighted by molar-refractivity contribution is 9.10. The summed E-state index contributed by atoms with van der Waals surface area (Å²) in [5, 5.41) is 0. The summed E-state index contributed by atoms with van der Waals surface area (Å²) < 4.78 is 26.4. The van der Waals surface area contributed by atoms with Gasteiger partial charge in [-0.2, -0.15) is 0 Å². The number of hydrogen-bond donors (Lipinski definition) is 0. The Labute approximate surface area is 112 Å². The van der Waals surface area contributed by atoms with E-state index in [0.717, 1.165) is 12.1 Å². The molecular formula is C12H13BrF2N2O. The monoisotopic (exact) mass is 318 g/mol. The molecule has 0 atom stereocenters. The number of amides is 1. The van der Waals surface area contributed by atoms with E-state index in [9.17, 15) is 13.6 Å². The summed E-state index contributed by atoms with van der Waals surface area (Å²) >= 11 is 3.08. The van der Waals surface area contributed by atoms with Crippen LogP contribution in [0.2, 0.25) is 0 Å². The van der Waals surface area contributed by atoms with Gasteiger partial charge in [0.2, 0.25) is 0 Å². The number of halogens is 3. The second-order valence-electron chi connectivity index (χ2n) is 4.57. The number of rotatable bonds is 2. The van der Waals surface area contributed by atoms with Crippen molar-refractivity contribution in [2.75, 3.05) is 27.2 Å². The Morgan fingerprint density at radius 1 is 1.33 bits per heavy atom. The first-order chi connectivity index (χ1) is 8.40. The molecule has 0 N–H and O–H groups in total. The number of carbonyl (C=O) groups excluding carboxylic acids is 1. The molecule has 1 amide bonds. The summed E-state index contributed by atoms with van der Waals surface area (Å²) in [6.07, 6.45) is 0. The Morgan fingerprint density at radius 2 is 1.89 bits per heavy atom. The average molecular weight is 319 g/mol. The van der Waals surface area contributed by atoms with Gasteiger partial charge in [0.05, 0.1) is 5.56 Å². The molecule has 0 spiro atoms. The first-order valence-electron chi connectivity index (χ1n) is 5.50. The zero-order valence-electron chi connectivity index (χ0n) is 10.1. The Morgan fingerprint density at radius 3 is 2.44 bits per heavy atom. The molecule has 0 saturated carbocycles. The van der Waals surface area contributed by atoms with E-state index >= 15 is 0 Å². The fourth-order valence-corrected chi connectivity index (χ4v) is 2.29. The molecule has 1 aliphatic rings. The highest BCUT2D eigenvalue weighted by atomic mass is 79.9. The van der Waals surface area contributed by atoms with Crippen LogP contribution in [0.15, 0.2) is 16.6 Å². The van der Waals surface area contributed by atoms with Crippen LogP contribution >= 0.6 is 15.9 Å². The van der Waals surface area contributed by atoms with E-state index in [-0.39, 0.29) is 15.9 Å².